The van der Waals surface area contributed by atoms with Crippen LogP contribution in [0.2, 0.25) is 0 Å². The van der Waals surface area contributed by atoms with Gasteiger partial charge < -0.3 is 18.9 Å². The Morgan fingerprint density at radius 3 is 2.43 bits per heavy atom. The summed E-state index contributed by atoms with van der Waals surface area (Å²) in [5.74, 6) is 0. The Kier molecular flexibility index (Phi) is 5.93. The fourth-order valence-corrected chi connectivity index (χ4v) is 2.71. The topological polar surface area (TPSA) is 49.8 Å². The summed E-state index contributed by atoms with van der Waals surface area (Å²) in [7, 11) is 0. The van der Waals surface area contributed by atoms with E-state index in [4.69, 9.17) is 18.9 Å². The number of hydrogen-bond acceptors (Lipinski definition) is 5. The summed E-state index contributed by atoms with van der Waals surface area (Å²) in [5.41, 5.74) is 3.08. The molecular formula is C18H23NO4. The number of pyridine rings is 1. The molecule has 3 rings (SSSR count). The monoisotopic (exact) mass is 317 g/mol. The Hall–Kier alpha value is -1.53. The van der Waals surface area contributed by atoms with Crippen molar-refractivity contribution >= 4 is 10.9 Å². The lowest BCUT2D eigenvalue weighted by Crippen LogP contribution is -2.20. The first-order valence-electron chi connectivity index (χ1n) is 8.06. The molecule has 2 heterocycles. The van der Waals surface area contributed by atoms with Crippen molar-refractivity contribution in [2.24, 2.45) is 0 Å². The van der Waals surface area contributed by atoms with Gasteiger partial charge in [0.25, 0.3) is 0 Å². The minimum absolute atomic E-state index is 0.135. The maximum atomic E-state index is 6.05. The maximum Gasteiger partial charge on any atom is 0.107 e. The number of rotatable bonds is 1. The molecule has 0 saturated carbocycles. The predicted octanol–water partition coefficient (Wildman–Crippen LogP) is 2.66. The largest absolute Gasteiger partial charge is 0.377 e. The molecule has 0 bridgehead atoms. The van der Waals surface area contributed by atoms with Crippen molar-refractivity contribution in [2.45, 2.75) is 13.0 Å². The van der Waals surface area contributed by atoms with Crippen LogP contribution in [0.15, 0.2) is 30.3 Å². The van der Waals surface area contributed by atoms with Gasteiger partial charge in [-0.15, -0.1) is 0 Å². The van der Waals surface area contributed by atoms with E-state index in [1.165, 1.54) is 0 Å². The van der Waals surface area contributed by atoms with E-state index in [0.29, 0.717) is 46.2 Å². The van der Waals surface area contributed by atoms with Gasteiger partial charge in [0.05, 0.1) is 51.8 Å². The predicted molar refractivity (Wildman–Crippen MR) is 87.6 cm³/mol. The molecule has 0 aliphatic carbocycles. The highest BCUT2D eigenvalue weighted by Crippen LogP contribution is 2.27. The lowest BCUT2D eigenvalue weighted by molar-refractivity contribution is -0.0675. The number of fused-ring (bicyclic) bond motifs is 1. The Labute approximate surface area is 136 Å². The van der Waals surface area contributed by atoms with E-state index in [1.807, 2.05) is 25.1 Å². The molecule has 2 aromatic rings. The third-order valence-electron chi connectivity index (χ3n) is 3.78. The number of aryl methyl sites for hydroxylation is 1. The van der Waals surface area contributed by atoms with E-state index in [0.717, 1.165) is 22.2 Å². The third kappa shape index (κ3) is 4.48. The van der Waals surface area contributed by atoms with Crippen molar-refractivity contribution in [2.75, 3.05) is 46.2 Å². The molecule has 1 unspecified atom stereocenters. The Balaban J connectivity index is 1.84. The van der Waals surface area contributed by atoms with Crippen LogP contribution in [0.25, 0.3) is 10.9 Å². The van der Waals surface area contributed by atoms with Crippen LogP contribution in [0.3, 0.4) is 0 Å². The summed E-state index contributed by atoms with van der Waals surface area (Å²) in [4.78, 5) is 4.59. The van der Waals surface area contributed by atoms with E-state index in [9.17, 15) is 0 Å². The minimum atomic E-state index is -0.135. The van der Waals surface area contributed by atoms with Gasteiger partial charge in [0.2, 0.25) is 0 Å². The molecule has 0 spiro atoms. The molecule has 1 fully saturated rings. The highest BCUT2D eigenvalue weighted by molar-refractivity contribution is 5.82. The summed E-state index contributed by atoms with van der Waals surface area (Å²) in [6.07, 6.45) is -0.135. The Morgan fingerprint density at radius 1 is 0.913 bits per heavy atom. The molecule has 5 heteroatoms. The number of nitrogens with zero attached hydrogens (tertiary/aromatic N) is 1. The minimum Gasteiger partial charge on any atom is -0.377 e. The third-order valence-corrected chi connectivity index (χ3v) is 3.78. The first-order chi connectivity index (χ1) is 11.3. The van der Waals surface area contributed by atoms with Gasteiger partial charge in [-0.2, -0.15) is 0 Å². The molecule has 23 heavy (non-hydrogen) atoms. The van der Waals surface area contributed by atoms with Crippen LogP contribution in [-0.4, -0.2) is 51.2 Å². The zero-order valence-corrected chi connectivity index (χ0v) is 13.5. The number of hydrogen-bond donors (Lipinski definition) is 0. The number of aromatic nitrogens is 1. The first kappa shape index (κ1) is 16.3. The second-order valence-corrected chi connectivity index (χ2v) is 5.53. The smallest absolute Gasteiger partial charge is 0.107 e. The molecule has 1 saturated heterocycles. The van der Waals surface area contributed by atoms with Crippen LogP contribution in [-0.2, 0) is 18.9 Å². The van der Waals surface area contributed by atoms with Crippen molar-refractivity contribution in [3.05, 3.63) is 41.6 Å². The maximum absolute atomic E-state index is 6.05. The molecule has 1 aliphatic heterocycles. The van der Waals surface area contributed by atoms with Gasteiger partial charge in [-0.05, 0) is 24.6 Å². The standard InChI is InChI=1S/C18H23NO4/c1-14-12-16(15-4-2-3-5-17(15)19-14)18-13-22-9-8-20-6-7-21-10-11-23-18/h2-5,12,18H,6-11,13H2,1H3. The normalized spacial score (nSPS) is 21.5. The van der Waals surface area contributed by atoms with E-state index in [2.05, 4.69) is 17.1 Å². The van der Waals surface area contributed by atoms with Gasteiger partial charge in [0, 0.05) is 11.1 Å². The molecule has 124 valence electrons. The van der Waals surface area contributed by atoms with E-state index < -0.39 is 0 Å². The van der Waals surface area contributed by atoms with Crippen molar-refractivity contribution < 1.29 is 18.9 Å². The fourth-order valence-electron chi connectivity index (χ4n) is 2.71. The van der Waals surface area contributed by atoms with Gasteiger partial charge in [-0.3, -0.25) is 4.98 Å². The Bertz CT molecular complexity index is 619. The van der Waals surface area contributed by atoms with Gasteiger partial charge >= 0.3 is 0 Å². The number of ether oxygens (including phenoxy) is 4. The molecule has 1 aromatic heterocycles. The highest BCUT2D eigenvalue weighted by atomic mass is 16.6. The van der Waals surface area contributed by atoms with Crippen LogP contribution in [0.1, 0.15) is 17.4 Å². The summed E-state index contributed by atoms with van der Waals surface area (Å²) in [5, 5.41) is 1.11. The van der Waals surface area contributed by atoms with Crippen LogP contribution in [0.5, 0.6) is 0 Å². The van der Waals surface area contributed by atoms with Crippen molar-refractivity contribution in [3.8, 4) is 0 Å². The average molecular weight is 317 g/mol. The molecule has 0 amide bonds. The van der Waals surface area contributed by atoms with Gasteiger partial charge in [0.1, 0.15) is 6.10 Å². The van der Waals surface area contributed by atoms with Crippen molar-refractivity contribution in [3.63, 3.8) is 0 Å². The lowest BCUT2D eigenvalue weighted by atomic mass is 10.0. The summed E-state index contributed by atoms with van der Waals surface area (Å²) in [6, 6.07) is 10.2. The van der Waals surface area contributed by atoms with Gasteiger partial charge in [0.15, 0.2) is 0 Å². The molecule has 1 aromatic carbocycles. The summed E-state index contributed by atoms with van der Waals surface area (Å²) in [6.45, 7) is 5.91. The zero-order chi connectivity index (χ0) is 15.9. The van der Waals surface area contributed by atoms with Crippen molar-refractivity contribution in [1.82, 2.24) is 4.98 Å². The lowest BCUT2D eigenvalue weighted by Gasteiger charge is -2.21. The van der Waals surface area contributed by atoms with Crippen LogP contribution in [0, 0.1) is 6.92 Å². The molecule has 5 nitrogen and oxygen atoms in total. The first-order valence-corrected chi connectivity index (χ1v) is 8.06. The van der Waals surface area contributed by atoms with Crippen LogP contribution in [0.4, 0.5) is 0 Å². The summed E-state index contributed by atoms with van der Waals surface area (Å²) >= 11 is 0. The molecular weight excluding hydrogens is 294 g/mol. The second-order valence-electron chi connectivity index (χ2n) is 5.53. The fraction of sp³-hybridized carbons (Fsp3) is 0.500. The second kappa shape index (κ2) is 8.36. The van der Waals surface area contributed by atoms with Crippen LogP contribution >= 0.6 is 0 Å². The number of para-hydroxylation sites is 1. The molecule has 0 radical (unpaired) electrons. The molecule has 1 atom stereocenters. The highest BCUT2D eigenvalue weighted by Gasteiger charge is 2.17. The number of benzene rings is 1. The van der Waals surface area contributed by atoms with Crippen LogP contribution < -0.4 is 0 Å². The Morgan fingerprint density at radius 2 is 1.61 bits per heavy atom. The summed E-state index contributed by atoms with van der Waals surface area (Å²) < 4.78 is 22.7. The molecule has 1 aliphatic rings. The van der Waals surface area contributed by atoms with E-state index in [-0.39, 0.29) is 6.10 Å². The quantitative estimate of drug-likeness (QED) is 0.809. The molecule has 0 N–H and O–H groups in total. The SMILES string of the molecule is Cc1cc(C2COCCOCCOCCO2)c2ccccc2n1. The van der Waals surface area contributed by atoms with Gasteiger partial charge in [-0.1, -0.05) is 18.2 Å². The van der Waals surface area contributed by atoms with E-state index >= 15 is 0 Å². The zero-order valence-electron chi connectivity index (χ0n) is 13.5. The van der Waals surface area contributed by atoms with Crippen molar-refractivity contribution in [1.29, 1.82) is 0 Å². The van der Waals surface area contributed by atoms with Gasteiger partial charge in [-0.25, -0.2) is 0 Å². The average Bonchev–Trinajstić information content (AvgIpc) is 2.55. The van der Waals surface area contributed by atoms with E-state index in [1.54, 1.807) is 0 Å².